The van der Waals surface area contributed by atoms with Gasteiger partial charge in [0.15, 0.2) is 0 Å². The SMILES string of the molecule is O=C(O)C1CCCN(C(c2cccc(Br)c2)c2cc3ccccc3s2)C1. The van der Waals surface area contributed by atoms with Gasteiger partial charge >= 0.3 is 5.97 Å². The molecule has 4 rings (SSSR count). The number of likely N-dealkylation sites (tertiary alicyclic amines) is 1. The monoisotopic (exact) mass is 429 g/mol. The number of thiophene rings is 1. The van der Waals surface area contributed by atoms with Crippen LogP contribution in [0.4, 0.5) is 0 Å². The third kappa shape index (κ3) is 3.56. The second kappa shape index (κ2) is 7.51. The highest BCUT2D eigenvalue weighted by Crippen LogP contribution is 2.39. The zero-order valence-electron chi connectivity index (χ0n) is 14.3. The van der Waals surface area contributed by atoms with Gasteiger partial charge in [-0.1, -0.05) is 46.3 Å². The Morgan fingerprint density at radius 2 is 2.04 bits per heavy atom. The van der Waals surface area contributed by atoms with Gasteiger partial charge in [-0.15, -0.1) is 11.3 Å². The van der Waals surface area contributed by atoms with Crippen molar-refractivity contribution in [3.05, 3.63) is 69.5 Å². The predicted octanol–water partition coefficient (Wildman–Crippen LogP) is 5.55. The van der Waals surface area contributed by atoms with Crippen LogP contribution in [0.25, 0.3) is 10.1 Å². The molecule has 2 atom stereocenters. The Morgan fingerprint density at radius 3 is 2.81 bits per heavy atom. The summed E-state index contributed by atoms with van der Waals surface area (Å²) in [6.45, 7) is 1.52. The molecule has 2 unspecified atom stereocenters. The summed E-state index contributed by atoms with van der Waals surface area (Å²) >= 11 is 5.39. The number of carbonyl (C=O) groups is 1. The van der Waals surface area contributed by atoms with Crippen LogP contribution < -0.4 is 0 Å². The summed E-state index contributed by atoms with van der Waals surface area (Å²) in [6.07, 6.45) is 1.69. The van der Waals surface area contributed by atoms with Crippen LogP contribution in [-0.2, 0) is 4.79 Å². The van der Waals surface area contributed by atoms with Crippen molar-refractivity contribution in [3.8, 4) is 0 Å². The molecule has 1 N–H and O–H groups in total. The number of fused-ring (bicyclic) bond motifs is 1. The van der Waals surface area contributed by atoms with E-state index >= 15 is 0 Å². The van der Waals surface area contributed by atoms with E-state index in [1.165, 1.54) is 20.5 Å². The molecule has 0 bridgehead atoms. The van der Waals surface area contributed by atoms with E-state index in [0.29, 0.717) is 6.54 Å². The van der Waals surface area contributed by atoms with Crippen LogP contribution in [-0.4, -0.2) is 29.1 Å². The van der Waals surface area contributed by atoms with E-state index in [1.807, 2.05) is 6.07 Å². The Balaban J connectivity index is 1.77. The van der Waals surface area contributed by atoms with Crippen LogP contribution in [0.1, 0.15) is 29.3 Å². The number of nitrogens with zero attached hydrogens (tertiary/aromatic N) is 1. The van der Waals surface area contributed by atoms with Crippen LogP contribution in [0.3, 0.4) is 0 Å². The molecule has 134 valence electrons. The Morgan fingerprint density at radius 1 is 1.19 bits per heavy atom. The van der Waals surface area contributed by atoms with E-state index in [4.69, 9.17) is 0 Å². The molecule has 26 heavy (non-hydrogen) atoms. The van der Waals surface area contributed by atoms with E-state index in [9.17, 15) is 9.90 Å². The number of halogens is 1. The van der Waals surface area contributed by atoms with Crippen molar-refractivity contribution in [1.82, 2.24) is 4.90 Å². The largest absolute Gasteiger partial charge is 0.481 e. The minimum Gasteiger partial charge on any atom is -0.481 e. The van der Waals surface area contributed by atoms with Crippen LogP contribution in [0.15, 0.2) is 59.1 Å². The van der Waals surface area contributed by atoms with E-state index in [2.05, 4.69) is 69.4 Å². The lowest BCUT2D eigenvalue weighted by Crippen LogP contribution is -2.41. The highest BCUT2D eigenvalue weighted by atomic mass is 79.9. The zero-order valence-corrected chi connectivity index (χ0v) is 16.7. The standard InChI is InChI=1S/C21H20BrNO2S/c22-17-8-3-6-15(11-17)20(23-10-4-7-16(13-23)21(24)25)19-12-14-5-1-2-9-18(14)26-19/h1-3,5-6,8-9,11-12,16,20H,4,7,10,13H2,(H,24,25). The molecule has 0 saturated carbocycles. The lowest BCUT2D eigenvalue weighted by atomic mass is 9.94. The van der Waals surface area contributed by atoms with E-state index in [-0.39, 0.29) is 12.0 Å². The fourth-order valence-electron chi connectivity index (χ4n) is 3.81. The molecule has 1 aliphatic rings. The van der Waals surface area contributed by atoms with E-state index in [0.717, 1.165) is 23.9 Å². The fourth-order valence-corrected chi connectivity index (χ4v) is 5.46. The fraction of sp³-hybridized carbons (Fsp3) is 0.286. The first-order chi connectivity index (χ1) is 12.6. The van der Waals surface area contributed by atoms with Crippen LogP contribution >= 0.6 is 27.3 Å². The van der Waals surface area contributed by atoms with Gasteiger partial charge in [0, 0.05) is 20.6 Å². The lowest BCUT2D eigenvalue weighted by molar-refractivity contribution is -0.143. The Kier molecular flexibility index (Phi) is 5.11. The smallest absolute Gasteiger partial charge is 0.307 e. The molecule has 3 nitrogen and oxygen atoms in total. The minimum absolute atomic E-state index is 0.0899. The first-order valence-electron chi connectivity index (χ1n) is 8.82. The third-order valence-corrected chi connectivity index (χ3v) is 6.71. The summed E-state index contributed by atoms with van der Waals surface area (Å²) in [5.41, 5.74) is 1.21. The van der Waals surface area contributed by atoms with Crippen molar-refractivity contribution in [2.24, 2.45) is 5.92 Å². The molecule has 2 aromatic carbocycles. The second-order valence-electron chi connectivity index (χ2n) is 6.82. The minimum atomic E-state index is -0.681. The van der Waals surface area contributed by atoms with Gasteiger partial charge in [-0.3, -0.25) is 9.69 Å². The normalized spacial score (nSPS) is 19.5. The average Bonchev–Trinajstić information content (AvgIpc) is 3.05. The Bertz CT molecular complexity index is 905. The van der Waals surface area contributed by atoms with Gasteiger partial charge in [-0.05, 0) is 54.6 Å². The number of rotatable bonds is 4. The van der Waals surface area contributed by atoms with Crippen molar-refractivity contribution in [1.29, 1.82) is 0 Å². The van der Waals surface area contributed by atoms with Crippen LogP contribution in [0.2, 0.25) is 0 Å². The summed E-state index contributed by atoms with van der Waals surface area (Å²) in [7, 11) is 0. The van der Waals surface area contributed by atoms with Crippen molar-refractivity contribution in [3.63, 3.8) is 0 Å². The van der Waals surface area contributed by atoms with Gasteiger partial charge < -0.3 is 5.11 Å². The molecule has 2 heterocycles. The van der Waals surface area contributed by atoms with Crippen molar-refractivity contribution in [2.75, 3.05) is 13.1 Å². The van der Waals surface area contributed by atoms with Crippen LogP contribution in [0.5, 0.6) is 0 Å². The Hall–Kier alpha value is -1.69. The number of carboxylic acid groups (broad SMARTS) is 1. The number of piperidine rings is 1. The van der Waals surface area contributed by atoms with E-state index < -0.39 is 5.97 Å². The van der Waals surface area contributed by atoms with Crippen molar-refractivity contribution < 1.29 is 9.90 Å². The summed E-state index contributed by atoms with van der Waals surface area (Å²) in [6, 6.07) is 19.2. The molecule has 0 radical (unpaired) electrons. The molecule has 5 heteroatoms. The second-order valence-corrected chi connectivity index (χ2v) is 8.85. The van der Waals surface area contributed by atoms with Crippen molar-refractivity contribution >= 4 is 43.3 Å². The molecule has 0 spiro atoms. The average molecular weight is 430 g/mol. The summed E-state index contributed by atoms with van der Waals surface area (Å²) in [5, 5.41) is 10.8. The number of hydrogen-bond donors (Lipinski definition) is 1. The molecule has 1 saturated heterocycles. The molecule has 0 aliphatic carbocycles. The molecule has 1 aromatic heterocycles. The maximum atomic E-state index is 11.6. The number of carboxylic acids is 1. The topological polar surface area (TPSA) is 40.5 Å². The number of hydrogen-bond acceptors (Lipinski definition) is 3. The van der Waals surface area contributed by atoms with Gasteiger partial charge in [0.1, 0.15) is 0 Å². The number of benzene rings is 2. The van der Waals surface area contributed by atoms with Crippen LogP contribution in [0, 0.1) is 5.92 Å². The molecule has 3 aromatic rings. The molecule has 0 amide bonds. The third-order valence-electron chi connectivity index (χ3n) is 5.05. The first kappa shape index (κ1) is 17.7. The number of aliphatic carboxylic acids is 1. The molecular weight excluding hydrogens is 410 g/mol. The summed E-state index contributed by atoms with van der Waals surface area (Å²) < 4.78 is 2.32. The highest BCUT2D eigenvalue weighted by Gasteiger charge is 2.32. The summed E-state index contributed by atoms with van der Waals surface area (Å²) in [4.78, 5) is 15.2. The van der Waals surface area contributed by atoms with E-state index in [1.54, 1.807) is 11.3 Å². The van der Waals surface area contributed by atoms with Gasteiger partial charge in [0.25, 0.3) is 0 Å². The lowest BCUT2D eigenvalue weighted by Gasteiger charge is -2.37. The van der Waals surface area contributed by atoms with Gasteiger partial charge in [0.05, 0.1) is 12.0 Å². The summed E-state index contributed by atoms with van der Waals surface area (Å²) in [5.74, 6) is -0.966. The maximum absolute atomic E-state index is 11.6. The Labute approximate surface area is 165 Å². The molecule has 1 aliphatic heterocycles. The predicted molar refractivity (Wildman–Crippen MR) is 110 cm³/mol. The van der Waals surface area contributed by atoms with Crippen molar-refractivity contribution in [2.45, 2.75) is 18.9 Å². The molecule has 1 fully saturated rings. The quantitative estimate of drug-likeness (QED) is 0.590. The maximum Gasteiger partial charge on any atom is 0.307 e. The van der Waals surface area contributed by atoms with Gasteiger partial charge in [-0.25, -0.2) is 0 Å². The zero-order chi connectivity index (χ0) is 18.1. The van der Waals surface area contributed by atoms with Gasteiger partial charge in [0.2, 0.25) is 0 Å². The highest BCUT2D eigenvalue weighted by molar-refractivity contribution is 9.10. The van der Waals surface area contributed by atoms with Gasteiger partial charge in [-0.2, -0.15) is 0 Å². The first-order valence-corrected chi connectivity index (χ1v) is 10.4. The molecular formula is C21H20BrNO2S.